The van der Waals surface area contributed by atoms with E-state index in [-0.39, 0.29) is 5.82 Å². The molecule has 1 aromatic carbocycles. The summed E-state index contributed by atoms with van der Waals surface area (Å²) in [5.74, 6) is -0.316. The number of nitrogens with one attached hydrogen (secondary N) is 1. The van der Waals surface area contributed by atoms with Crippen molar-refractivity contribution in [3.05, 3.63) is 48.5 Å². The molecular weight excluding hydrogens is 318 g/mol. The number of rotatable bonds is 2. The normalized spacial score (nSPS) is 18.8. The van der Waals surface area contributed by atoms with Gasteiger partial charge in [-0.3, -0.25) is 0 Å². The lowest BCUT2D eigenvalue weighted by atomic mass is 9.78. The zero-order chi connectivity index (χ0) is 17.8. The van der Waals surface area contributed by atoms with Gasteiger partial charge in [0.15, 0.2) is 0 Å². The second kappa shape index (κ2) is 5.41. The van der Waals surface area contributed by atoms with Crippen LogP contribution in [-0.4, -0.2) is 28.3 Å². The van der Waals surface area contributed by atoms with Crippen LogP contribution in [0.2, 0.25) is 0 Å². The molecule has 0 saturated carbocycles. The molecule has 0 amide bonds. The number of nitrogens with zero attached hydrogens (tertiary/aromatic N) is 1. The molecule has 0 bridgehead atoms. The van der Waals surface area contributed by atoms with Crippen LogP contribution in [0.3, 0.4) is 0 Å². The van der Waals surface area contributed by atoms with E-state index in [0.717, 1.165) is 16.6 Å². The summed E-state index contributed by atoms with van der Waals surface area (Å²) in [6.07, 6.45) is 3.49. The largest absolute Gasteiger partial charge is 0.494 e. The molecule has 4 rings (SSSR count). The van der Waals surface area contributed by atoms with Crippen molar-refractivity contribution in [2.24, 2.45) is 0 Å². The Balaban J connectivity index is 1.67. The summed E-state index contributed by atoms with van der Waals surface area (Å²) >= 11 is 0. The third-order valence-corrected chi connectivity index (χ3v) is 5.23. The summed E-state index contributed by atoms with van der Waals surface area (Å²) in [6, 6.07) is 8.93. The van der Waals surface area contributed by atoms with Gasteiger partial charge in [0.05, 0.1) is 11.2 Å². The third-order valence-electron chi connectivity index (χ3n) is 5.23. The van der Waals surface area contributed by atoms with Gasteiger partial charge in [-0.15, -0.1) is 0 Å². The Hall–Kier alpha value is -2.18. The van der Waals surface area contributed by atoms with Crippen molar-refractivity contribution >= 4 is 23.6 Å². The number of aromatic amines is 1. The molecule has 1 fully saturated rings. The van der Waals surface area contributed by atoms with E-state index < -0.39 is 18.3 Å². The molecule has 0 radical (unpaired) electrons. The first kappa shape index (κ1) is 16.3. The number of fused-ring (bicyclic) bond motifs is 1. The first-order valence-electron chi connectivity index (χ1n) is 8.35. The van der Waals surface area contributed by atoms with Crippen molar-refractivity contribution in [2.45, 2.75) is 38.9 Å². The number of halogens is 1. The fraction of sp³-hybridized carbons (Fsp3) is 0.316. The smallest absolute Gasteiger partial charge is 0.399 e. The van der Waals surface area contributed by atoms with Crippen LogP contribution in [0.1, 0.15) is 27.7 Å². The van der Waals surface area contributed by atoms with Gasteiger partial charge in [-0.25, -0.2) is 9.37 Å². The number of pyridine rings is 1. The van der Waals surface area contributed by atoms with Crippen LogP contribution in [-0.2, 0) is 9.31 Å². The lowest BCUT2D eigenvalue weighted by molar-refractivity contribution is 0.00578. The summed E-state index contributed by atoms with van der Waals surface area (Å²) in [6.45, 7) is 7.93. The van der Waals surface area contributed by atoms with Crippen LogP contribution in [0.5, 0.6) is 0 Å². The minimum atomic E-state index is -0.571. The molecule has 4 nitrogen and oxygen atoms in total. The SMILES string of the molecule is CC1(C)OB(c2ccc(-c3cnc4[nH]ccc4c3)c(F)c2)OC1(C)C. The Morgan fingerprint density at radius 2 is 1.76 bits per heavy atom. The number of benzene rings is 1. The summed E-state index contributed by atoms with van der Waals surface area (Å²) in [5, 5.41) is 0.951. The van der Waals surface area contributed by atoms with E-state index in [1.54, 1.807) is 12.3 Å². The first-order chi connectivity index (χ1) is 11.8. The molecule has 0 aliphatic carbocycles. The van der Waals surface area contributed by atoms with Crippen LogP contribution in [0, 0.1) is 5.82 Å². The van der Waals surface area contributed by atoms with Gasteiger partial charge in [-0.05, 0) is 51.4 Å². The van der Waals surface area contributed by atoms with Crippen LogP contribution in [0.4, 0.5) is 4.39 Å². The van der Waals surface area contributed by atoms with Crippen molar-refractivity contribution in [3.63, 3.8) is 0 Å². The Labute approximate surface area is 146 Å². The zero-order valence-corrected chi connectivity index (χ0v) is 14.8. The molecule has 0 spiro atoms. The summed E-state index contributed by atoms with van der Waals surface area (Å²) in [5.41, 5.74) is 1.82. The van der Waals surface area contributed by atoms with E-state index in [2.05, 4.69) is 9.97 Å². The Morgan fingerprint density at radius 3 is 2.44 bits per heavy atom. The molecule has 3 aromatic rings. The van der Waals surface area contributed by atoms with Gasteiger partial charge in [0.2, 0.25) is 0 Å². The number of hydrogen-bond acceptors (Lipinski definition) is 3. The molecule has 0 atom stereocenters. The van der Waals surface area contributed by atoms with Crippen molar-refractivity contribution in [3.8, 4) is 11.1 Å². The maximum Gasteiger partial charge on any atom is 0.494 e. The highest BCUT2D eigenvalue weighted by atomic mass is 19.1. The van der Waals surface area contributed by atoms with Crippen LogP contribution < -0.4 is 5.46 Å². The first-order valence-corrected chi connectivity index (χ1v) is 8.35. The van der Waals surface area contributed by atoms with Crippen molar-refractivity contribution in [2.75, 3.05) is 0 Å². The molecule has 1 N–H and O–H groups in total. The highest BCUT2D eigenvalue weighted by molar-refractivity contribution is 6.62. The van der Waals surface area contributed by atoms with Gasteiger partial charge >= 0.3 is 7.12 Å². The second-order valence-corrected chi connectivity index (χ2v) is 7.47. The second-order valence-electron chi connectivity index (χ2n) is 7.47. The van der Waals surface area contributed by atoms with Gasteiger partial charge in [0.25, 0.3) is 0 Å². The van der Waals surface area contributed by atoms with Gasteiger partial charge in [0, 0.05) is 28.9 Å². The molecular formula is C19H20BFN2O2. The molecule has 0 unspecified atom stereocenters. The summed E-state index contributed by atoms with van der Waals surface area (Å²) in [4.78, 5) is 7.36. The number of aromatic nitrogens is 2. The molecule has 1 aliphatic heterocycles. The van der Waals surface area contributed by atoms with Gasteiger partial charge in [-0.1, -0.05) is 12.1 Å². The molecule has 25 heavy (non-hydrogen) atoms. The molecule has 2 aromatic heterocycles. The van der Waals surface area contributed by atoms with Gasteiger partial charge in [0.1, 0.15) is 11.5 Å². The van der Waals surface area contributed by atoms with E-state index in [0.29, 0.717) is 11.0 Å². The van der Waals surface area contributed by atoms with Gasteiger partial charge in [-0.2, -0.15) is 0 Å². The van der Waals surface area contributed by atoms with E-state index in [1.165, 1.54) is 6.07 Å². The highest BCUT2D eigenvalue weighted by Gasteiger charge is 2.51. The molecule has 128 valence electrons. The van der Waals surface area contributed by atoms with E-state index in [4.69, 9.17) is 9.31 Å². The minimum absolute atomic E-state index is 0.316. The van der Waals surface area contributed by atoms with Crippen LogP contribution in [0.15, 0.2) is 42.7 Å². The van der Waals surface area contributed by atoms with E-state index >= 15 is 0 Å². The standard InChI is InChI=1S/C19H20BFN2O2/c1-18(2)19(3,4)25-20(24-18)14-5-6-15(16(21)10-14)13-9-12-7-8-22-17(12)23-11-13/h5-11H,1-4H3,(H,22,23). The molecule has 3 heterocycles. The topological polar surface area (TPSA) is 47.1 Å². The summed E-state index contributed by atoms with van der Waals surface area (Å²) < 4.78 is 26.7. The third kappa shape index (κ3) is 2.66. The van der Waals surface area contributed by atoms with Crippen LogP contribution >= 0.6 is 0 Å². The number of H-pyrrole nitrogens is 1. The quantitative estimate of drug-likeness (QED) is 0.726. The van der Waals surface area contributed by atoms with Crippen LogP contribution in [0.25, 0.3) is 22.2 Å². The van der Waals surface area contributed by atoms with E-state index in [9.17, 15) is 4.39 Å². The predicted octanol–water partition coefficient (Wildman–Crippen LogP) is 3.67. The maximum atomic E-state index is 14.8. The average Bonchev–Trinajstić information content (AvgIpc) is 3.08. The molecule has 1 saturated heterocycles. The predicted molar refractivity (Wildman–Crippen MR) is 97.2 cm³/mol. The minimum Gasteiger partial charge on any atom is -0.399 e. The van der Waals surface area contributed by atoms with E-state index in [1.807, 2.05) is 52.1 Å². The fourth-order valence-electron chi connectivity index (χ4n) is 2.98. The Kier molecular flexibility index (Phi) is 3.53. The highest BCUT2D eigenvalue weighted by Crippen LogP contribution is 2.36. The lowest BCUT2D eigenvalue weighted by Gasteiger charge is -2.32. The monoisotopic (exact) mass is 338 g/mol. The average molecular weight is 338 g/mol. The zero-order valence-electron chi connectivity index (χ0n) is 14.8. The molecule has 6 heteroatoms. The molecule has 1 aliphatic rings. The lowest BCUT2D eigenvalue weighted by Crippen LogP contribution is -2.41. The number of hydrogen-bond donors (Lipinski definition) is 1. The Bertz CT molecular complexity index is 936. The van der Waals surface area contributed by atoms with Crippen molar-refractivity contribution in [1.29, 1.82) is 0 Å². The van der Waals surface area contributed by atoms with Crippen molar-refractivity contribution < 1.29 is 13.7 Å². The fourth-order valence-corrected chi connectivity index (χ4v) is 2.98. The Morgan fingerprint density at radius 1 is 1.04 bits per heavy atom. The summed E-state index contributed by atoms with van der Waals surface area (Å²) in [7, 11) is -0.571. The maximum absolute atomic E-state index is 14.8. The van der Waals surface area contributed by atoms with Gasteiger partial charge < -0.3 is 14.3 Å². The van der Waals surface area contributed by atoms with Crippen molar-refractivity contribution in [1.82, 2.24) is 9.97 Å².